The fourth-order valence-electron chi connectivity index (χ4n) is 2.17. The van der Waals surface area contributed by atoms with Gasteiger partial charge in [-0.25, -0.2) is 0 Å². The number of para-hydroxylation sites is 1. The number of nitrogens with zero attached hydrogens (tertiary/aromatic N) is 1. The second kappa shape index (κ2) is 5.41. The van der Waals surface area contributed by atoms with Gasteiger partial charge in [0, 0.05) is 22.9 Å². The predicted octanol–water partition coefficient (Wildman–Crippen LogP) is 4.33. The summed E-state index contributed by atoms with van der Waals surface area (Å²) >= 11 is 5.10. The summed E-state index contributed by atoms with van der Waals surface area (Å²) in [7, 11) is 0. The van der Waals surface area contributed by atoms with E-state index in [0.29, 0.717) is 6.42 Å². The van der Waals surface area contributed by atoms with Gasteiger partial charge in [0.25, 0.3) is 0 Å². The molecule has 2 aromatic heterocycles. The number of aliphatic hydroxyl groups is 1. The van der Waals surface area contributed by atoms with Crippen molar-refractivity contribution in [1.82, 2.24) is 4.98 Å². The van der Waals surface area contributed by atoms with Crippen LogP contribution in [0.2, 0.25) is 0 Å². The molecule has 2 heterocycles. The van der Waals surface area contributed by atoms with E-state index in [2.05, 4.69) is 20.9 Å². The van der Waals surface area contributed by atoms with Gasteiger partial charge in [0.1, 0.15) is 0 Å². The number of rotatable bonds is 3. The SMILES string of the molecule is OC(Cc1ccc(Br)s1)c1ccnc2ccccc12. The van der Waals surface area contributed by atoms with E-state index in [4.69, 9.17) is 0 Å². The van der Waals surface area contributed by atoms with Crippen LogP contribution < -0.4 is 0 Å². The lowest BCUT2D eigenvalue weighted by atomic mass is 10.0. The maximum atomic E-state index is 10.4. The molecule has 0 aliphatic carbocycles. The zero-order valence-corrected chi connectivity index (χ0v) is 12.5. The average Bonchev–Trinajstić information content (AvgIpc) is 2.83. The normalized spacial score (nSPS) is 12.7. The van der Waals surface area contributed by atoms with E-state index in [-0.39, 0.29) is 0 Å². The zero-order valence-electron chi connectivity index (χ0n) is 10.1. The van der Waals surface area contributed by atoms with E-state index < -0.39 is 6.10 Å². The first kappa shape index (κ1) is 12.8. The van der Waals surface area contributed by atoms with Gasteiger partial charge in [0.05, 0.1) is 15.4 Å². The molecule has 96 valence electrons. The molecule has 0 bridgehead atoms. The minimum Gasteiger partial charge on any atom is -0.388 e. The van der Waals surface area contributed by atoms with Crippen LogP contribution in [0.5, 0.6) is 0 Å². The monoisotopic (exact) mass is 333 g/mol. The Hall–Kier alpha value is -1.23. The summed E-state index contributed by atoms with van der Waals surface area (Å²) < 4.78 is 1.09. The quantitative estimate of drug-likeness (QED) is 0.773. The Balaban J connectivity index is 1.95. The fraction of sp³-hybridized carbons (Fsp3) is 0.133. The van der Waals surface area contributed by atoms with Crippen molar-refractivity contribution < 1.29 is 5.11 Å². The number of hydrogen-bond donors (Lipinski definition) is 1. The minimum absolute atomic E-state index is 0.501. The van der Waals surface area contributed by atoms with Crippen LogP contribution in [0.15, 0.2) is 52.4 Å². The van der Waals surface area contributed by atoms with Crippen LogP contribution in [0.3, 0.4) is 0 Å². The van der Waals surface area contributed by atoms with Crippen molar-refractivity contribution >= 4 is 38.2 Å². The number of aromatic nitrogens is 1. The number of benzene rings is 1. The van der Waals surface area contributed by atoms with Gasteiger partial charge in [-0.3, -0.25) is 4.98 Å². The molecule has 1 unspecified atom stereocenters. The van der Waals surface area contributed by atoms with Gasteiger partial charge in [-0.05, 0) is 45.8 Å². The van der Waals surface area contributed by atoms with Gasteiger partial charge < -0.3 is 5.11 Å². The third-order valence-corrected chi connectivity index (χ3v) is 4.71. The maximum absolute atomic E-state index is 10.4. The van der Waals surface area contributed by atoms with E-state index >= 15 is 0 Å². The molecule has 0 aliphatic heterocycles. The fourth-order valence-corrected chi connectivity index (χ4v) is 3.69. The number of aliphatic hydroxyl groups excluding tert-OH is 1. The molecule has 1 atom stereocenters. The Morgan fingerprint density at radius 1 is 1.16 bits per heavy atom. The summed E-state index contributed by atoms with van der Waals surface area (Å²) in [5.74, 6) is 0. The zero-order chi connectivity index (χ0) is 13.2. The molecule has 0 aliphatic rings. The lowest BCUT2D eigenvalue weighted by molar-refractivity contribution is 0.181. The first-order chi connectivity index (χ1) is 9.24. The smallest absolute Gasteiger partial charge is 0.0845 e. The highest BCUT2D eigenvalue weighted by Gasteiger charge is 2.13. The summed E-state index contributed by atoms with van der Waals surface area (Å²) in [6, 6.07) is 13.9. The molecule has 19 heavy (non-hydrogen) atoms. The van der Waals surface area contributed by atoms with E-state index in [0.717, 1.165) is 20.3 Å². The highest BCUT2D eigenvalue weighted by molar-refractivity contribution is 9.11. The maximum Gasteiger partial charge on any atom is 0.0845 e. The summed E-state index contributed by atoms with van der Waals surface area (Å²) in [6.07, 6.45) is 1.88. The predicted molar refractivity (Wildman–Crippen MR) is 82.4 cm³/mol. The molecular weight excluding hydrogens is 322 g/mol. The molecule has 2 nitrogen and oxygen atoms in total. The molecule has 4 heteroatoms. The van der Waals surface area contributed by atoms with Crippen LogP contribution in [-0.2, 0) is 6.42 Å². The summed E-state index contributed by atoms with van der Waals surface area (Å²) in [5, 5.41) is 11.5. The minimum atomic E-state index is -0.501. The number of hydrogen-bond acceptors (Lipinski definition) is 3. The molecule has 3 rings (SSSR count). The largest absolute Gasteiger partial charge is 0.388 e. The van der Waals surface area contributed by atoms with Gasteiger partial charge in [-0.1, -0.05) is 18.2 Å². The van der Waals surface area contributed by atoms with E-state index in [1.54, 1.807) is 17.5 Å². The first-order valence-electron chi connectivity index (χ1n) is 6.00. The molecule has 1 aromatic carbocycles. The molecule has 0 radical (unpaired) electrons. The summed E-state index contributed by atoms with van der Waals surface area (Å²) in [5.41, 5.74) is 1.86. The second-order valence-electron chi connectivity index (χ2n) is 4.34. The number of halogens is 1. The third kappa shape index (κ3) is 2.71. The van der Waals surface area contributed by atoms with Gasteiger partial charge in [0.15, 0.2) is 0 Å². The highest BCUT2D eigenvalue weighted by atomic mass is 79.9. The molecule has 0 spiro atoms. The molecule has 1 N–H and O–H groups in total. The topological polar surface area (TPSA) is 33.1 Å². The molecule has 0 amide bonds. The first-order valence-corrected chi connectivity index (χ1v) is 7.61. The standard InChI is InChI=1S/C15H12BrNOS/c16-15-6-5-10(19-15)9-14(18)12-7-8-17-13-4-2-1-3-11(12)13/h1-8,14,18H,9H2. The van der Waals surface area contributed by atoms with Crippen molar-refractivity contribution in [1.29, 1.82) is 0 Å². The van der Waals surface area contributed by atoms with E-state index in [1.165, 1.54) is 4.88 Å². The lowest BCUT2D eigenvalue weighted by Crippen LogP contribution is -2.01. The van der Waals surface area contributed by atoms with E-state index in [1.807, 2.05) is 42.5 Å². The highest BCUT2D eigenvalue weighted by Crippen LogP contribution is 2.29. The van der Waals surface area contributed by atoms with Gasteiger partial charge in [-0.2, -0.15) is 0 Å². The second-order valence-corrected chi connectivity index (χ2v) is 6.89. The number of fused-ring (bicyclic) bond motifs is 1. The Kier molecular flexibility index (Phi) is 3.64. The van der Waals surface area contributed by atoms with Crippen molar-refractivity contribution in [2.75, 3.05) is 0 Å². The summed E-state index contributed by atoms with van der Waals surface area (Å²) in [6.45, 7) is 0. The van der Waals surface area contributed by atoms with Crippen molar-refractivity contribution in [2.45, 2.75) is 12.5 Å². The molecule has 3 aromatic rings. The van der Waals surface area contributed by atoms with Gasteiger partial charge in [0.2, 0.25) is 0 Å². The lowest BCUT2D eigenvalue weighted by Gasteiger charge is -2.12. The Morgan fingerprint density at radius 2 is 2.00 bits per heavy atom. The van der Waals surface area contributed by atoms with Gasteiger partial charge in [-0.15, -0.1) is 11.3 Å². The van der Waals surface area contributed by atoms with Crippen LogP contribution >= 0.6 is 27.3 Å². The molecule has 0 saturated carbocycles. The molecular formula is C15H12BrNOS. The van der Waals surface area contributed by atoms with Crippen molar-refractivity contribution in [2.24, 2.45) is 0 Å². The van der Waals surface area contributed by atoms with Crippen molar-refractivity contribution in [3.05, 3.63) is 62.9 Å². The van der Waals surface area contributed by atoms with Crippen molar-refractivity contribution in [3.63, 3.8) is 0 Å². The van der Waals surface area contributed by atoms with Crippen LogP contribution in [-0.4, -0.2) is 10.1 Å². The van der Waals surface area contributed by atoms with E-state index in [9.17, 15) is 5.11 Å². The molecule has 0 saturated heterocycles. The van der Waals surface area contributed by atoms with Crippen LogP contribution in [0.25, 0.3) is 10.9 Å². The molecule has 0 fully saturated rings. The summed E-state index contributed by atoms with van der Waals surface area (Å²) in [4.78, 5) is 5.49. The Morgan fingerprint density at radius 3 is 2.79 bits per heavy atom. The van der Waals surface area contributed by atoms with Crippen LogP contribution in [0.4, 0.5) is 0 Å². The van der Waals surface area contributed by atoms with Crippen LogP contribution in [0.1, 0.15) is 16.5 Å². The average molecular weight is 334 g/mol. The number of thiophene rings is 1. The third-order valence-electron chi connectivity index (χ3n) is 3.07. The van der Waals surface area contributed by atoms with Crippen molar-refractivity contribution in [3.8, 4) is 0 Å². The van der Waals surface area contributed by atoms with Crippen LogP contribution in [0, 0.1) is 0 Å². The Labute approximate surface area is 123 Å². The van der Waals surface area contributed by atoms with Gasteiger partial charge >= 0.3 is 0 Å². The number of pyridine rings is 1. The Bertz CT molecular complexity index is 705.